The van der Waals surface area contributed by atoms with E-state index >= 15 is 0 Å². The molecule has 1 N–H and O–H groups in total. The Morgan fingerprint density at radius 3 is 1.84 bits per heavy atom. The maximum Gasteiger partial charge on any atom is 0.325 e. The molecule has 0 aliphatic carbocycles. The van der Waals surface area contributed by atoms with Gasteiger partial charge in [0.25, 0.3) is 0 Å². The van der Waals surface area contributed by atoms with Crippen LogP contribution in [0.25, 0.3) is 0 Å². The zero-order valence-electron chi connectivity index (χ0n) is 12.2. The Balaban J connectivity index is 3.34. The van der Waals surface area contributed by atoms with Crippen molar-refractivity contribution in [2.45, 2.75) is 65.2 Å². The van der Waals surface area contributed by atoms with Crippen molar-refractivity contribution < 1.29 is 19.5 Å². The molecule has 0 heterocycles. The first kappa shape index (κ1) is 17.9. The second-order valence-corrected chi connectivity index (χ2v) is 4.59. The third-order valence-electron chi connectivity index (χ3n) is 2.96. The van der Waals surface area contributed by atoms with Gasteiger partial charge in [-0.1, -0.05) is 25.7 Å². The molecule has 5 nitrogen and oxygen atoms in total. The van der Waals surface area contributed by atoms with E-state index in [1.807, 2.05) is 13.8 Å². The number of carboxylic acid groups (broad SMARTS) is 1. The molecule has 0 aromatic rings. The van der Waals surface area contributed by atoms with Gasteiger partial charge in [-0.3, -0.25) is 9.59 Å². The molecule has 112 valence electrons. The van der Waals surface area contributed by atoms with E-state index in [9.17, 15) is 9.59 Å². The predicted molar refractivity (Wildman–Crippen MR) is 73.6 cm³/mol. The van der Waals surface area contributed by atoms with E-state index in [1.54, 1.807) is 5.06 Å². The SMILES string of the molecule is CCN(CC)OC(=O)CCCCCCCCC(=O)O. The van der Waals surface area contributed by atoms with Gasteiger partial charge in [0, 0.05) is 25.9 Å². The number of carbonyl (C=O) groups is 2. The van der Waals surface area contributed by atoms with Crippen molar-refractivity contribution in [3.8, 4) is 0 Å². The van der Waals surface area contributed by atoms with Gasteiger partial charge < -0.3 is 9.94 Å². The minimum Gasteiger partial charge on any atom is -0.481 e. The number of rotatable bonds is 12. The van der Waals surface area contributed by atoms with Crippen LogP contribution < -0.4 is 0 Å². The summed E-state index contributed by atoms with van der Waals surface area (Å²) in [4.78, 5) is 26.9. The molecule has 5 heteroatoms. The van der Waals surface area contributed by atoms with Crippen LogP contribution in [-0.4, -0.2) is 35.2 Å². The Morgan fingerprint density at radius 1 is 0.895 bits per heavy atom. The molecule has 0 spiro atoms. The number of unbranched alkanes of at least 4 members (excludes halogenated alkanes) is 5. The van der Waals surface area contributed by atoms with Crippen LogP contribution in [0.1, 0.15) is 65.2 Å². The molecule has 0 radical (unpaired) electrons. The molecule has 0 aliphatic rings. The minimum atomic E-state index is -0.723. The highest BCUT2D eigenvalue weighted by atomic mass is 16.7. The number of aliphatic carboxylic acids is 1. The lowest BCUT2D eigenvalue weighted by Gasteiger charge is -2.16. The van der Waals surface area contributed by atoms with Crippen LogP contribution in [0.15, 0.2) is 0 Å². The molecule has 0 bridgehead atoms. The number of nitrogens with zero attached hydrogens (tertiary/aromatic N) is 1. The van der Waals surface area contributed by atoms with Crippen molar-refractivity contribution in [2.75, 3.05) is 13.1 Å². The van der Waals surface area contributed by atoms with E-state index in [0.29, 0.717) is 19.5 Å². The first-order valence-electron chi connectivity index (χ1n) is 7.27. The van der Waals surface area contributed by atoms with Crippen LogP contribution in [0.2, 0.25) is 0 Å². The van der Waals surface area contributed by atoms with Crippen LogP contribution in [-0.2, 0) is 14.4 Å². The molecule has 0 amide bonds. The largest absolute Gasteiger partial charge is 0.481 e. The number of hydrogen-bond acceptors (Lipinski definition) is 4. The van der Waals surface area contributed by atoms with E-state index in [0.717, 1.165) is 38.5 Å². The summed E-state index contributed by atoms with van der Waals surface area (Å²) >= 11 is 0. The summed E-state index contributed by atoms with van der Waals surface area (Å²) in [5, 5.41) is 10.1. The first-order chi connectivity index (χ1) is 9.10. The Morgan fingerprint density at radius 2 is 1.37 bits per heavy atom. The topological polar surface area (TPSA) is 66.8 Å². The highest BCUT2D eigenvalue weighted by molar-refractivity contribution is 5.68. The van der Waals surface area contributed by atoms with Gasteiger partial charge in [-0.2, -0.15) is 0 Å². The average Bonchev–Trinajstić information content (AvgIpc) is 2.38. The lowest BCUT2D eigenvalue weighted by molar-refractivity contribution is -0.188. The zero-order chi connectivity index (χ0) is 14.5. The van der Waals surface area contributed by atoms with Gasteiger partial charge in [0.2, 0.25) is 0 Å². The maximum atomic E-state index is 11.5. The molecule has 0 unspecified atom stereocenters. The Bertz CT molecular complexity index is 252. The predicted octanol–water partition coefficient (Wildman–Crippen LogP) is 2.99. The van der Waals surface area contributed by atoms with Crippen molar-refractivity contribution in [1.29, 1.82) is 0 Å². The Kier molecular flexibility index (Phi) is 11.3. The van der Waals surface area contributed by atoms with E-state index < -0.39 is 5.97 Å². The molecular formula is C14H27NO4. The highest BCUT2D eigenvalue weighted by Crippen LogP contribution is 2.09. The number of carboxylic acids is 1. The van der Waals surface area contributed by atoms with Crippen LogP contribution >= 0.6 is 0 Å². The summed E-state index contributed by atoms with van der Waals surface area (Å²) in [6, 6.07) is 0. The number of hydroxylamine groups is 2. The fourth-order valence-electron chi connectivity index (χ4n) is 1.80. The average molecular weight is 273 g/mol. The summed E-state index contributed by atoms with van der Waals surface area (Å²) in [6.45, 7) is 5.33. The van der Waals surface area contributed by atoms with Crippen molar-refractivity contribution in [3.05, 3.63) is 0 Å². The third kappa shape index (κ3) is 11.7. The van der Waals surface area contributed by atoms with Crippen LogP contribution in [0.4, 0.5) is 0 Å². The molecule has 0 rings (SSSR count). The fraction of sp³-hybridized carbons (Fsp3) is 0.857. The fourth-order valence-corrected chi connectivity index (χ4v) is 1.80. The lowest BCUT2D eigenvalue weighted by atomic mass is 10.1. The number of hydrogen-bond donors (Lipinski definition) is 1. The van der Waals surface area contributed by atoms with E-state index in [2.05, 4.69) is 0 Å². The van der Waals surface area contributed by atoms with Gasteiger partial charge in [-0.05, 0) is 26.7 Å². The molecule has 19 heavy (non-hydrogen) atoms. The van der Waals surface area contributed by atoms with E-state index in [4.69, 9.17) is 9.94 Å². The van der Waals surface area contributed by atoms with Gasteiger partial charge >= 0.3 is 11.9 Å². The summed E-state index contributed by atoms with van der Waals surface area (Å²) in [7, 11) is 0. The molecule has 0 aromatic carbocycles. The van der Waals surface area contributed by atoms with Crippen LogP contribution in [0, 0.1) is 0 Å². The molecule has 0 saturated carbocycles. The lowest BCUT2D eigenvalue weighted by Crippen LogP contribution is -2.26. The minimum absolute atomic E-state index is 0.158. The normalized spacial score (nSPS) is 10.7. The smallest absolute Gasteiger partial charge is 0.325 e. The summed E-state index contributed by atoms with van der Waals surface area (Å²) < 4.78 is 0. The van der Waals surface area contributed by atoms with Gasteiger partial charge in [0.15, 0.2) is 0 Å². The van der Waals surface area contributed by atoms with Gasteiger partial charge in [-0.15, -0.1) is 5.06 Å². The van der Waals surface area contributed by atoms with Gasteiger partial charge in [-0.25, -0.2) is 0 Å². The second-order valence-electron chi connectivity index (χ2n) is 4.59. The third-order valence-corrected chi connectivity index (χ3v) is 2.96. The maximum absolute atomic E-state index is 11.5. The van der Waals surface area contributed by atoms with Gasteiger partial charge in [0.1, 0.15) is 0 Å². The van der Waals surface area contributed by atoms with Gasteiger partial charge in [0.05, 0.1) is 0 Å². The second kappa shape index (κ2) is 12.0. The Labute approximate surface area is 115 Å². The molecule has 0 saturated heterocycles. The molecule has 0 fully saturated rings. The summed E-state index contributed by atoms with van der Waals surface area (Å²) in [5.41, 5.74) is 0. The standard InChI is InChI=1S/C14H27NO4/c1-3-15(4-2)19-14(18)12-10-8-6-5-7-9-11-13(16)17/h3-12H2,1-2H3,(H,16,17). The Hall–Kier alpha value is -1.10. The van der Waals surface area contributed by atoms with Crippen LogP contribution in [0.3, 0.4) is 0 Å². The van der Waals surface area contributed by atoms with E-state index in [-0.39, 0.29) is 12.4 Å². The number of carbonyl (C=O) groups excluding carboxylic acids is 1. The quantitative estimate of drug-likeness (QED) is 0.437. The van der Waals surface area contributed by atoms with Crippen molar-refractivity contribution >= 4 is 11.9 Å². The van der Waals surface area contributed by atoms with Crippen molar-refractivity contribution in [2.24, 2.45) is 0 Å². The molecule has 0 atom stereocenters. The monoisotopic (exact) mass is 273 g/mol. The van der Waals surface area contributed by atoms with E-state index in [1.165, 1.54) is 0 Å². The van der Waals surface area contributed by atoms with Crippen molar-refractivity contribution in [1.82, 2.24) is 5.06 Å². The first-order valence-corrected chi connectivity index (χ1v) is 7.27. The summed E-state index contributed by atoms with van der Waals surface area (Å²) in [5.74, 6) is -0.881. The highest BCUT2D eigenvalue weighted by Gasteiger charge is 2.07. The molecule has 0 aromatic heterocycles. The molecule has 0 aliphatic heterocycles. The van der Waals surface area contributed by atoms with Crippen molar-refractivity contribution in [3.63, 3.8) is 0 Å². The zero-order valence-corrected chi connectivity index (χ0v) is 12.2. The van der Waals surface area contributed by atoms with Crippen LogP contribution in [0.5, 0.6) is 0 Å². The molecular weight excluding hydrogens is 246 g/mol. The summed E-state index contributed by atoms with van der Waals surface area (Å²) in [6.07, 6.45) is 6.37.